The van der Waals surface area contributed by atoms with Gasteiger partial charge in [-0.25, -0.2) is 4.98 Å². The fraction of sp³-hybridized carbons (Fsp3) is 0.135. The Bertz CT molecular complexity index is 2320. The molecule has 0 aliphatic rings. The van der Waals surface area contributed by atoms with Crippen LogP contribution in [0.1, 0.15) is 27.8 Å². The number of rotatable bonds is 5. The van der Waals surface area contributed by atoms with Crippen molar-refractivity contribution in [3.8, 4) is 34.1 Å². The summed E-state index contributed by atoms with van der Waals surface area (Å²) in [5.74, 6) is 1.30. The summed E-state index contributed by atoms with van der Waals surface area (Å²) in [6, 6.07) is 27.5. The second-order valence-corrected chi connectivity index (χ2v) is 11.4. The van der Waals surface area contributed by atoms with E-state index in [9.17, 15) is 26.3 Å². The van der Waals surface area contributed by atoms with Crippen LogP contribution < -0.4 is 4.74 Å². The monoisotopic (exact) mass is 849 g/mol. The molecular formula is C37H24F6N4OPt. The molecule has 3 heterocycles. The molecule has 0 N–H and O–H groups in total. The molecule has 3 aromatic heterocycles. The SMILES string of the molecule is Cc1ccnc(-n2c3[c-]c(Oc4[c-]c(-n5cc(-c6c(C(F)(F)F)c(C)cc(C)c6C(F)(F)F)cn5)ccc4)ccc3c3ccccc32)c1.[Pt+2]. The van der Waals surface area contributed by atoms with E-state index in [4.69, 9.17) is 4.74 Å². The molecule has 0 unspecified atom stereocenters. The fourth-order valence-electron chi connectivity index (χ4n) is 6.15. The first-order valence-corrected chi connectivity index (χ1v) is 14.7. The first kappa shape index (κ1) is 34.0. The molecule has 0 saturated heterocycles. The Hall–Kier alpha value is -4.89. The molecule has 7 rings (SSSR count). The zero-order valence-electron chi connectivity index (χ0n) is 25.9. The molecule has 0 saturated carbocycles. The number of hydrogen-bond acceptors (Lipinski definition) is 3. The van der Waals surface area contributed by atoms with Gasteiger partial charge in [0.25, 0.3) is 0 Å². The van der Waals surface area contributed by atoms with E-state index in [1.54, 1.807) is 30.5 Å². The Morgan fingerprint density at radius 3 is 2.12 bits per heavy atom. The van der Waals surface area contributed by atoms with Gasteiger partial charge in [-0.05, 0) is 66.7 Å². The summed E-state index contributed by atoms with van der Waals surface area (Å²) in [5.41, 5.74) is -1.70. The molecule has 12 heteroatoms. The van der Waals surface area contributed by atoms with E-state index in [1.165, 1.54) is 0 Å². The van der Waals surface area contributed by atoms with Crippen LogP contribution in [0.2, 0.25) is 0 Å². The van der Waals surface area contributed by atoms with E-state index < -0.39 is 29.0 Å². The molecule has 5 nitrogen and oxygen atoms in total. The van der Waals surface area contributed by atoms with Crippen molar-refractivity contribution in [1.82, 2.24) is 19.3 Å². The average molecular weight is 850 g/mol. The second kappa shape index (κ2) is 12.5. The third-order valence-electron chi connectivity index (χ3n) is 8.07. The third kappa shape index (κ3) is 6.23. The molecule has 0 bridgehead atoms. The number of hydrogen-bond donors (Lipinski definition) is 0. The number of aryl methyl sites for hydroxylation is 3. The number of benzene rings is 4. The number of pyridine rings is 1. The first-order chi connectivity index (χ1) is 22.8. The van der Waals surface area contributed by atoms with Gasteiger partial charge in [0, 0.05) is 40.5 Å². The minimum absolute atomic E-state index is 0. The predicted molar refractivity (Wildman–Crippen MR) is 170 cm³/mol. The van der Waals surface area contributed by atoms with Crippen molar-refractivity contribution in [2.45, 2.75) is 33.1 Å². The molecule has 0 aliphatic heterocycles. The van der Waals surface area contributed by atoms with E-state index in [0.29, 0.717) is 11.6 Å². The van der Waals surface area contributed by atoms with Crippen LogP contribution in [0.3, 0.4) is 0 Å². The molecule has 250 valence electrons. The summed E-state index contributed by atoms with van der Waals surface area (Å²) < 4.78 is 94.2. The van der Waals surface area contributed by atoms with Gasteiger partial charge in [0.15, 0.2) is 0 Å². The smallest absolute Gasteiger partial charge is 0.509 e. The van der Waals surface area contributed by atoms with Crippen LogP contribution in [-0.2, 0) is 33.4 Å². The quantitative estimate of drug-likeness (QED) is 0.128. The van der Waals surface area contributed by atoms with Crippen molar-refractivity contribution in [2.75, 3.05) is 0 Å². The van der Waals surface area contributed by atoms with Crippen molar-refractivity contribution < 1.29 is 52.1 Å². The van der Waals surface area contributed by atoms with Gasteiger partial charge in [-0.3, -0.25) is 4.68 Å². The third-order valence-corrected chi connectivity index (χ3v) is 8.07. The largest absolute Gasteiger partial charge is 2.00 e. The molecule has 49 heavy (non-hydrogen) atoms. The maximum atomic E-state index is 14.2. The molecule has 0 amide bonds. The van der Waals surface area contributed by atoms with E-state index >= 15 is 0 Å². The van der Waals surface area contributed by atoms with E-state index in [-0.39, 0.29) is 49.2 Å². The summed E-state index contributed by atoms with van der Waals surface area (Å²) in [6.07, 6.45) is -6.22. The minimum atomic E-state index is -5.03. The molecular weight excluding hydrogens is 825 g/mol. The number of aromatic nitrogens is 4. The van der Waals surface area contributed by atoms with E-state index in [0.717, 1.165) is 64.4 Å². The Kier molecular flexibility index (Phi) is 8.69. The van der Waals surface area contributed by atoms with Gasteiger partial charge in [0.2, 0.25) is 0 Å². The van der Waals surface area contributed by atoms with Crippen LogP contribution in [0, 0.1) is 32.9 Å². The summed E-state index contributed by atoms with van der Waals surface area (Å²) in [5, 5.41) is 6.05. The molecule has 7 aromatic rings. The number of ether oxygens (including phenoxy) is 1. The van der Waals surface area contributed by atoms with Crippen LogP contribution >= 0.6 is 0 Å². The van der Waals surface area contributed by atoms with Gasteiger partial charge >= 0.3 is 33.4 Å². The number of para-hydroxylation sites is 1. The minimum Gasteiger partial charge on any atom is -0.509 e. The zero-order chi connectivity index (χ0) is 34.0. The Morgan fingerprint density at radius 2 is 1.43 bits per heavy atom. The number of nitrogens with zero attached hydrogens (tertiary/aromatic N) is 4. The zero-order valence-corrected chi connectivity index (χ0v) is 28.2. The molecule has 0 radical (unpaired) electrons. The van der Waals surface area contributed by atoms with Crippen molar-refractivity contribution in [1.29, 1.82) is 0 Å². The number of halogens is 6. The Morgan fingerprint density at radius 1 is 0.735 bits per heavy atom. The van der Waals surface area contributed by atoms with Crippen molar-refractivity contribution in [3.63, 3.8) is 0 Å². The van der Waals surface area contributed by atoms with Crippen LogP contribution in [0.5, 0.6) is 11.5 Å². The average Bonchev–Trinajstić information content (AvgIpc) is 3.63. The maximum Gasteiger partial charge on any atom is 2.00 e. The van der Waals surface area contributed by atoms with Gasteiger partial charge in [-0.15, -0.1) is 35.7 Å². The Labute approximate surface area is 291 Å². The van der Waals surface area contributed by atoms with Crippen molar-refractivity contribution in [3.05, 3.63) is 131 Å². The van der Waals surface area contributed by atoms with Crippen LogP contribution in [-0.4, -0.2) is 19.3 Å². The number of alkyl halides is 6. The summed E-state index contributed by atoms with van der Waals surface area (Å²) in [6.45, 7) is 4.27. The second-order valence-electron chi connectivity index (χ2n) is 11.4. The van der Waals surface area contributed by atoms with Crippen LogP contribution in [0.4, 0.5) is 26.3 Å². The van der Waals surface area contributed by atoms with Gasteiger partial charge in [0.1, 0.15) is 5.82 Å². The van der Waals surface area contributed by atoms with Crippen LogP contribution in [0.15, 0.2) is 91.4 Å². The molecule has 4 aromatic carbocycles. The van der Waals surface area contributed by atoms with Gasteiger partial charge in [0.05, 0.1) is 17.3 Å². The van der Waals surface area contributed by atoms with Crippen molar-refractivity contribution in [2.24, 2.45) is 0 Å². The summed E-state index contributed by atoms with van der Waals surface area (Å²) >= 11 is 0. The van der Waals surface area contributed by atoms with E-state index in [2.05, 4.69) is 22.2 Å². The van der Waals surface area contributed by atoms with Gasteiger partial charge in [-0.2, -0.15) is 43.6 Å². The van der Waals surface area contributed by atoms with E-state index in [1.807, 2.05) is 54.0 Å². The molecule has 0 spiro atoms. The normalized spacial score (nSPS) is 12.0. The number of fused-ring (bicyclic) bond motifs is 3. The predicted octanol–water partition coefficient (Wildman–Crippen LogP) is 10.4. The molecule has 0 fully saturated rings. The van der Waals surface area contributed by atoms with Gasteiger partial charge < -0.3 is 9.30 Å². The summed E-state index contributed by atoms with van der Waals surface area (Å²) in [4.78, 5) is 4.57. The summed E-state index contributed by atoms with van der Waals surface area (Å²) in [7, 11) is 0. The van der Waals surface area contributed by atoms with Crippen molar-refractivity contribution >= 4 is 21.8 Å². The topological polar surface area (TPSA) is 44.9 Å². The van der Waals surface area contributed by atoms with Gasteiger partial charge in [-0.1, -0.05) is 29.8 Å². The molecule has 0 atom stereocenters. The maximum absolute atomic E-state index is 14.2. The Balaban J connectivity index is 0.00000417. The molecule has 0 aliphatic carbocycles. The first-order valence-electron chi connectivity index (χ1n) is 14.7. The fourth-order valence-corrected chi connectivity index (χ4v) is 6.15. The van der Waals surface area contributed by atoms with Crippen LogP contribution in [0.25, 0.3) is 44.4 Å². The standard InChI is InChI=1S/C37H24F6N4O.Pt/c1-21-13-14-44-32(15-21)47-30-10-5-4-9-28(30)29-12-11-27(18-31(29)47)48-26-8-6-7-25(17-26)46-20-24(19-45-46)33-34(36(38,39)40)22(2)16-23(3)35(33)37(41,42)43;/h4-16,19-20H,1-3H3;/q-2;+2.